The topological polar surface area (TPSA) is 30.0 Å². The Labute approximate surface area is 94.0 Å². The largest absolute Gasteiger partial charge is 0.294 e. The average Bonchev–Trinajstić information content (AvgIpc) is 2.59. The Bertz CT molecular complexity index is 429. The van der Waals surface area contributed by atoms with Gasteiger partial charge >= 0.3 is 0 Å². The van der Waals surface area contributed by atoms with E-state index in [-0.39, 0.29) is 5.78 Å². The molecule has 0 atom stereocenters. The minimum Gasteiger partial charge on any atom is -0.294 e. The fraction of sp³-hybridized carbons (Fsp3) is 0.500. The smallest absolute Gasteiger partial charge is 0.164 e. The molecule has 3 heteroatoms. The molecule has 0 aliphatic heterocycles. The van der Waals surface area contributed by atoms with E-state index in [1.54, 1.807) is 11.3 Å². The number of Topliss-reactive ketones (excluding diaryl/α,β-unsaturated/α-hetero) is 1. The molecule has 0 spiro atoms. The normalized spacial score (nSPS) is 15.5. The number of nitrogens with zero attached hydrogens (tertiary/aromatic N) is 1. The molecule has 1 aliphatic rings. The van der Waals surface area contributed by atoms with Gasteiger partial charge in [-0.05, 0) is 18.1 Å². The number of thiazole rings is 1. The van der Waals surface area contributed by atoms with E-state index in [0.29, 0.717) is 12.3 Å². The SMILES string of the molecule is CCC1=Cc2nc(C(C)C)sc2CC1=O. The van der Waals surface area contributed by atoms with Crippen molar-refractivity contribution in [1.82, 2.24) is 4.98 Å². The van der Waals surface area contributed by atoms with Gasteiger partial charge in [-0.2, -0.15) is 0 Å². The first-order chi connectivity index (χ1) is 7.11. The second kappa shape index (κ2) is 3.89. The van der Waals surface area contributed by atoms with E-state index in [9.17, 15) is 4.79 Å². The maximum Gasteiger partial charge on any atom is 0.164 e. The van der Waals surface area contributed by atoms with Crippen molar-refractivity contribution < 1.29 is 4.79 Å². The summed E-state index contributed by atoms with van der Waals surface area (Å²) in [5, 5.41) is 1.14. The maximum absolute atomic E-state index is 11.7. The predicted octanol–water partition coefficient (Wildman–Crippen LogP) is 3.19. The maximum atomic E-state index is 11.7. The van der Waals surface area contributed by atoms with Crippen LogP contribution >= 0.6 is 11.3 Å². The standard InChI is InChI=1S/C12H15NOS/c1-4-8-5-9-11(6-10(8)14)15-12(13-9)7(2)3/h5,7H,4,6H2,1-3H3. The van der Waals surface area contributed by atoms with E-state index in [0.717, 1.165) is 27.6 Å². The zero-order valence-corrected chi connectivity index (χ0v) is 10.1. The summed E-state index contributed by atoms with van der Waals surface area (Å²) in [5.74, 6) is 0.720. The van der Waals surface area contributed by atoms with Crippen LogP contribution in [0.4, 0.5) is 0 Å². The van der Waals surface area contributed by atoms with Crippen molar-refractivity contribution >= 4 is 23.2 Å². The van der Waals surface area contributed by atoms with Crippen molar-refractivity contribution in [2.75, 3.05) is 0 Å². The van der Waals surface area contributed by atoms with Crippen LogP contribution in [0.5, 0.6) is 0 Å². The lowest BCUT2D eigenvalue weighted by atomic mass is 9.98. The van der Waals surface area contributed by atoms with Crippen LogP contribution in [0.1, 0.15) is 48.7 Å². The molecule has 2 rings (SSSR count). The molecule has 1 aliphatic carbocycles. The summed E-state index contributed by atoms with van der Waals surface area (Å²) in [6, 6.07) is 0. The molecule has 0 N–H and O–H groups in total. The Kier molecular flexibility index (Phi) is 2.74. The summed E-state index contributed by atoms with van der Waals surface area (Å²) in [7, 11) is 0. The van der Waals surface area contributed by atoms with Gasteiger partial charge in [0.1, 0.15) is 0 Å². The number of carbonyl (C=O) groups is 1. The Hall–Kier alpha value is -0.960. The molecular weight excluding hydrogens is 206 g/mol. The third kappa shape index (κ3) is 1.88. The van der Waals surface area contributed by atoms with Crippen LogP contribution in [0.25, 0.3) is 6.08 Å². The van der Waals surface area contributed by atoms with Crippen LogP contribution in [0, 0.1) is 0 Å². The van der Waals surface area contributed by atoms with Crippen LogP contribution in [-0.2, 0) is 11.2 Å². The fourth-order valence-corrected chi connectivity index (χ4v) is 2.72. The minimum atomic E-state index is 0.268. The molecule has 1 aromatic heterocycles. The minimum absolute atomic E-state index is 0.268. The number of fused-ring (bicyclic) bond motifs is 1. The Morgan fingerprint density at radius 3 is 2.87 bits per heavy atom. The fourth-order valence-electron chi connectivity index (χ4n) is 1.67. The third-order valence-electron chi connectivity index (χ3n) is 2.61. The predicted molar refractivity (Wildman–Crippen MR) is 63.2 cm³/mol. The van der Waals surface area contributed by atoms with Crippen LogP contribution in [0.2, 0.25) is 0 Å². The van der Waals surface area contributed by atoms with E-state index in [1.807, 2.05) is 13.0 Å². The lowest BCUT2D eigenvalue weighted by molar-refractivity contribution is -0.115. The second-order valence-electron chi connectivity index (χ2n) is 4.14. The van der Waals surface area contributed by atoms with Crippen LogP contribution in [-0.4, -0.2) is 10.8 Å². The lowest BCUT2D eigenvalue weighted by Crippen LogP contribution is -2.10. The molecule has 0 aromatic carbocycles. The molecule has 15 heavy (non-hydrogen) atoms. The highest BCUT2D eigenvalue weighted by Crippen LogP contribution is 2.31. The molecule has 1 aromatic rings. The summed E-state index contributed by atoms with van der Waals surface area (Å²) < 4.78 is 0. The van der Waals surface area contributed by atoms with Gasteiger partial charge in [0.15, 0.2) is 5.78 Å². The van der Waals surface area contributed by atoms with Gasteiger partial charge in [-0.1, -0.05) is 20.8 Å². The first-order valence-electron chi connectivity index (χ1n) is 5.35. The summed E-state index contributed by atoms with van der Waals surface area (Å²) in [5.41, 5.74) is 1.95. The highest BCUT2D eigenvalue weighted by atomic mass is 32.1. The summed E-state index contributed by atoms with van der Waals surface area (Å²) >= 11 is 1.68. The number of hydrogen-bond acceptors (Lipinski definition) is 3. The van der Waals surface area contributed by atoms with Gasteiger partial charge in [-0.3, -0.25) is 4.79 Å². The van der Waals surface area contributed by atoms with E-state index < -0.39 is 0 Å². The third-order valence-corrected chi connectivity index (χ3v) is 3.98. The van der Waals surface area contributed by atoms with Gasteiger partial charge in [-0.25, -0.2) is 4.98 Å². The molecule has 0 fully saturated rings. The highest BCUT2D eigenvalue weighted by Gasteiger charge is 2.21. The number of rotatable bonds is 2. The second-order valence-corrected chi connectivity index (χ2v) is 5.25. The van der Waals surface area contributed by atoms with Crippen molar-refractivity contribution in [1.29, 1.82) is 0 Å². The molecule has 0 unspecified atom stereocenters. The Morgan fingerprint density at radius 1 is 1.53 bits per heavy atom. The van der Waals surface area contributed by atoms with Crippen molar-refractivity contribution in [2.45, 2.75) is 39.5 Å². The van der Waals surface area contributed by atoms with Crippen LogP contribution in [0.15, 0.2) is 5.57 Å². The molecule has 0 amide bonds. The summed E-state index contributed by atoms with van der Waals surface area (Å²) in [6.45, 7) is 6.29. The van der Waals surface area contributed by atoms with Gasteiger partial charge in [-0.15, -0.1) is 11.3 Å². The molecule has 0 radical (unpaired) electrons. The molecule has 0 bridgehead atoms. The summed E-state index contributed by atoms with van der Waals surface area (Å²) in [6.07, 6.45) is 3.33. The van der Waals surface area contributed by atoms with Crippen LogP contribution in [0.3, 0.4) is 0 Å². The number of hydrogen-bond donors (Lipinski definition) is 0. The first kappa shape index (κ1) is 10.6. The molecule has 0 saturated carbocycles. The lowest BCUT2D eigenvalue weighted by Gasteiger charge is -2.08. The zero-order chi connectivity index (χ0) is 11.0. The van der Waals surface area contributed by atoms with Crippen LogP contribution < -0.4 is 0 Å². The van der Waals surface area contributed by atoms with E-state index >= 15 is 0 Å². The quantitative estimate of drug-likeness (QED) is 0.767. The van der Waals surface area contributed by atoms with E-state index in [2.05, 4.69) is 18.8 Å². The van der Waals surface area contributed by atoms with Gasteiger partial charge < -0.3 is 0 Å². The van der Waals surface area contributed by atoms with Crippen molar-refractivity contribution in [2.24, 2.45) is 0 Å². The van der Waals surface area contributed by atoms with Gasteiger partial charge in [0.05, 0.1) is 10.7 Å². The molecule has 80 valence electrons. The van der Waals surface area contributed by atoms with E-state index in [1.165, 1.54) is 0 Å². The number of aromatic nitrogens is 1. The van der Waals surface area contributed by atoms with Crippen molar-refractivity contribution in [3.05, 3.63) is 21.2 Å². The monoisotopic (exact) mass is 221 g/mol. The Balaban J connectivity index is 2.42. The van der Waals surface area contributed by atoms with E-state index in [4.69, 9.17) is 0 Å². The number of allylic oxidation sites excluding steroid dienone is 1. The van der Waals surface area contributed by atoms with Crippen molar-refractivity contribution in [3.63, 3.8) is 0 Å². The van der Waals surface area contributed by atoms with Gasteiger partial charge in [0.25, 0.3) is 0 Å². The number of ketones is 1. The molecule has 2 nitrogen and oxygen atoms in total. The summed E-state index contributed by atoms with van der Waals surface area (Å²) in [4.78, 5) is 17.4. The highest BCUT2D eigenvalue weighted by molar-refractivity contribution is 7.12. The molecular formula is C12H15NOS. The first-order valence-corrected chi connectivity index (χ1v) is 6.16. The van der Waals surface area contributed by atoms with Crippen molar-refractivity contribution in [3.8, 4) is 0 Å². The molecule has 1 heterocycles. The number of carbonyl (C=O) groups excluding carboxylic acids is 1. The van der Waals surface area contributed by atoms with Gasteiger partial charge in [0, 0.05) is 17.2 Å². The Morgan fingerprint density at radius 2 is 2.27 bits per heavy atom. The molecule has 0 saturated heterocycles. The van der Waals surface area contributed by atoms with Gasteiger partial charge in [0.2, 0.25) is 0 Å². The zero-order valence-electron chi connectivity index (χ0n) is 9.33. The average molecular weight is 221 g/mol.